The minimum atomic E-state index is -0.460. The highest BCUT2D eigenvalue weighted by Gasteiger charge is 2.31. The van der Waals surface area contributed by atoms with E-state index in [1.807, 2.05) is 12.1 Å². The first-order valence-corrected chi connectivity index (χ1v) is 9.56. The molecule has 0 N–H and O–H groups in total. The summed E-state index contributed by atoms with van der Waals surface area (Å²) in [6, 6.07) is 10.6. The summed E-state index contributed by atoms with van der Waals surface area (Å²) in [5.41, 5.74) is 2.38. The topological polar surface area (TPSA) is 61.2 Å². The van der Waals surface area contributed by atoms with Gasteiger partial charge in [-0.05, 0) is 71.2 Å². The normalized spacial score (nSPS) is 13.8. The molecule has 0 atom stereocenters. The lowest BCUT2D eigenvalue weighted by molar-refractivity contribution is 0.0600. The lowest BCUT2D eigenvalue weighted by Gasteiger charge is -2.10. The predicted octanol–water partition coefficient (Wildman–Crippen LogP) is 4.65. The molecule has 5 nitrogen and oxygen atoms in total. The first kappa shape index (κ1) is 17.5. The van der Waals surface area contributed by atoms with Crippen molar-refractivity contribution < 1.29 is 14.3 Å². The Balaban J connectivity index is 1.89. The maximum Gasteiger partial charge on any atom is 0.337 e. The van der Waals surface area contributed by atoms with E-state index in [1.165, 1.54) is 11.8 Å². The number of fused-ring (bicyclic) bond motifs is 1. The summed E-state index contributed by atoms with van der Waals surface area (Å²) in [5, 5.41) is 5.61. The quantitative estimate of drug-likeness (QED) is 0.405. The molecule has 1 saturated carbocycles. The van der Waals surface area contributed by atoms with Crippen LogP contribution in [0.15, 0.2) is 36.4 Å². The monoisotopic (exact) mass is 480 g/mol. The number of ether oxygens (including phenoxy) is 1. The van der Waals surface area contributed by atoms with Gasteiger partial charge in [-0.3, -0.25) is 4.79 Å². The number of carbonyl (C=O) groups is 2. The molecular formula is C19H14ClIN2O3. The first-order chi connectivity index (χ1) is 12.5. The molecule has 1 fully saturated rings. The maximum absolute atomic E-state index is 13.3. The van der Waals surface area contributed by atoms with Crippen LogP contribution in [0.1, 0.15) is 45.0 Å². The van der Waals surface area contributed by atoms with Crippen LogP contribution in [0.2, 0.25) is 5.02 Å². The maximum atomic E-state index is 13.3. The Morgan fingerprint density at radius 3 is 2.73 bits per heavy atom. The van der Waals surface area contributed by atoms with Crippen LogP contribution < -0.4 is 0 Å². The van der Waals surface area contributed by atoms with Crippen molar-refractivity contribution in [1.82, 2.24) is 9.78 Å². The molecule has 0 amide bonds. The average molecular weight is 481 g/mol. The summed E-state index contributed by atoms with van der Waals surface area (Å²) in [5.74, 6) is -0.370. The number of halogens is 2. The lowest BCUT2D eigenvalue weighted by atomic mass is 10.0. The van der Waals surface area contributed by atoms with E-state index in [2.05, 4.69) is 27.7 Å². The van der Waals surface area contributed by atoms with Crippen molar-refractivity contribution in [3.8, 4) is 0 Å². The molecule has 0 unspecified atom stereocenters. The fourth-order valence-electron chi connectivity index (χ4n) is 3.08. The predicted molar refractivity (Wildman–Crippen MR) is 107 cm³/mol. The number of hydrogen-bond acceptors (Lipinski definition) is 4. The molecule has 0 spiro atoms. The van der Waals surface area contributed by atoms with Gasteiger partial charge in [0.25, 0.3) is 5.91 Å². The van der Waals surface area contributed by atoms with Gasteiger partial charge < -0.3 is 4.74 Å². The van der Waals surface area contributed by atoms with Crippen molar-refractivity contribution in [1.29, 1.82) is 0 Å². The van der Waals surface area contributed by atoms with E-state index >= 15 is 0 Å². The number of benzene rings is 2. The van der Waals surface area contributed by atoms with E-state index in [-0.39, 0.29) is 5.91 Å². The molecule has 1 aromatic heterocycles. The van der Waals surface area contributed by atoms with Gasteiger partial charge >= 0.3 is 5.97 Å². The average Bonchev–Trinajstić information content (AvgIpc) is 3.44. The third-order valence-corrected chi connectivity index (χ3v) is 5.64. The van der Waals surface area contributed by atoms with E-state index in [0.717, 1.165) is 23.8 Å². The second-order valence-corrected chi connectivity index (χ2v) is 7.64. The molecule has 0 aliphatic heterocycles. The van der Waals surface area contributed by atoms with E-state index < -0.39 is 5.97 Å². The van der Waals surface area contributed by atoms with Gasteiger partial charge in [-0.15, -0.1) is 0 Å². The van der Waals surface area contributed by atoms with Crippen LogP contribution >= 0.6 is 34.2 Å². The summed E-state index contributed by atoms with van der Waals surface area (Å²) in [4.78, 5) is 25.2. The standard InChI is InChI=1S/C19H14ClIN2O3/c1-26-19(25)11-7-8-13-15(9-11)23(22-17(13)21)18(24)16-12(10-5-6-10)3-2-4-14(16)20/h2-4,7-10H,5-6H2,1H3. The van der Waals surface area contributed by atoms with Gasteiger partial charge in [-0.1, -0.05) is 23.7 Å². The highest BCUT2D eigenvalue weighted by Crippen LogP contribution is 2.43. The summed E-state index contributed by atoms with van der Waals surface area (Å²) in [6.45, 7) is 0. The third-order valence-electron chi connectivity index (χ3n) is 4.53. The second kappa shape index (κ2) is 6.66. The minimum absolute atomic E-state index is 0.285. The van der Waals surface area contributed by atoms with Gasteiger partial charge in [0, 0.05) is 5.39 Å². The molecule has 3 aromatic rings. The molecule has 132 valence electrons. The van der Waals surface area contributed by atoms with Crippen molar-refractivity contribution in [3.05, 3.63) is 61.8 Å². The Morgan fingerprint density at radius 1 is 1.27 bits per heavy atom. The van der Waals surface area contributed by atoms with E-state index in [0.29, 0.717) is 31.3 Å². The molecule has 7 heteroatoms. The van der Waals surface area contributed by atoms with E-state index in [9.17, 15) is 9.59 Å². The molecular weight excluding hydrogens is 467 g/mol. The number of rotatable bonds is 3. The van der Waals surface area contributed by atoms with Crippen LogP contribution in [0, 0.1) is 3.70 Å². The van der Waals surface area contributed by atoms with Crippen LogP contribution in [-0.4, -0.2) is 28.8 Å². The number of carbonyl (C=O) groups excluding carboxylic acids is 2. The molecule has 4 rings (SSSR count). The van der Waals surface area contributed by atoms with Crippen molar-refractivity contribution in [3.63, 3.8) is 0 Å². The Morgan fingerprint density at radius 2 is 2.04 bits per heavy atom. The zero-order valence-corrected chi connectivity index (χ0v) is 16.7. The second-order valence-electron chi connectivity index (χ2n) is 6.21. The summed E-state index contributed by atoms with van der Waals surface area (Å²) < 4.78 is 6.79. The Labute approximate surface area is 168 Å². The van der Waals surface area contributed by atoms with Gasteiger partial charge in [-0.2, -0.15) is 9.78 Å². The fourth-order valence-corrected chi connectivity index (χ4v) is 4.02. The molecule has 1 aliphatic carbocycles. The van der Waals surface area contributed by atoms with Crippen LogP contribution in [0.25, 0.3) is 10.9 Å². The highest BCUT2D eigenvalue weighted by atomic mass is 127. The summed E-state index contributed by atoms with van der Waals surface area (Å²) in [6.07, 6.45) is 2.12. The van der Waals surface area contributed by atoms with Crippen LogP contribution in [-0.2, 0) is 4.74 Å². The number of esters is 1. The van der Waals surface area contributed by atoms with Gasteiger partial charge in [0.2, 0.25) is 0 Å². The molecule has 26 heavy (non-hydrogen) atoms. The van der Waals surface area contributed by atoms with Crippen molar-refractivity contribution in [2.24, 2.45) is 0 Å². The molecule has 1 aliphatic rings. The van der Waals surface area contributed by atoms with Gasteiger partial charge in [-0.25, -0.2) is 4.79 Å². The Bertz CT molecular complexity index is 1060. The van der Waals surface area contributed by atoms with Crippen LogP contribution in [0.4, 0.5) is 0 Å². The van der Waals surface area contributed by atoms with Gasteiger partial charge in [0.05, 0.1) is 28.8 Å². The fraction of sp³-hybridized carbons (Fsp3) is 0.211. The largest absolute Gasteiger partial charge is 0.465 e. The molecule has 2 aromatic carbocycles. The zero-order valence-electron chi connectivity index (χ0n) is 13.8. The molecule has 0 bridgehead atoms. The number of hydrogen-bond donors (Lipinski definition) is 0. The summed E-state index contributed by atoms with van der Waals surface area (Å²) >= 11 is 8.45. The Hall–Kier alpha value is -1.93. The molecule has 0 saturated heterocycles. The first-order valence-electron chi connectivity index (χ1n) is 8.11. The third kappa shape index (κ3) is 2.91. The molecule has 1 heterocycles. The Kier molecular flexibility index (Phi) is 4.48. The number of aromatic nitrogens is 2. The highest BCUT2D eigenvalue weighted by molar-refractivity contribution is 14.1. The van der Waals surface area contributed by atoms with E-state index in [1.54, 1.807) is 24.3 Å². The number of nitrogens with zero attached hydrogens (tertiary/aromatic N) is 2. The van der Waals surface area contributed by atoms with Crippen LogP contribution in [0.5, 0.6) is 0 Å². The van der Waals surface area contributed by atoms with Crippen LogP contribution in [0.3, 0.4) is 0 Å². The zero-order chi connectivity index (χ0) is 18.4. The SMILES string of the molecule is COC(=O)c1ccc2c(I)nn(C(=O)c3c(Cl)cccc3C3CC3)c2c1. The molecule has 0 radical (unpaired) electrons. The summed E-state index contributed by atoms with van der Waals surface area (Å²) in [7, 11) is 1.32. The lowest BCUT2D eigenvalue weighted by Crippen LogP contribution is -2.16. The van der Waals surface area contributed by atoms with Crippen molar-refractivity contribution in [2.45, 2.75) is 18.8 Å². The van der Waals surface area contributed by atoms with E-state index in [4.69, 9.17) is 16.3 Å². The smallest absolute Gasteiger partial charge is 0.337 e. The van der Waals surface area contributed by atoms with Gasteiger partial charge in [0.1, 0.15) is 3.70 Å². The minimum Gasteiger partial charge on any atom is -0.465 e. The van der Waals surface area contributed by atoms with Crippen molar-refractivity contribution in [2.75, 3.05) is 7.11 Å². The number of methoxy groups -OCH3 is 1. The van der Waals surface area contributed by atoms with Gasteiger partial charge in [0.15, 0.2) is 0 Å². The van der Waals surface area contributed by atoms with Crippen molar-refractivity contribution >= 4 is 57.0 Å².